The van der Waals surface area contributed by atoms with Crippen LogP contribution >= 0.6 is 11.6 Å². The molecule has 1 aromatic heterocycles. The van der Waals surface area contributed by atoms with Crippen LogP contribution in [0, 0.1) is 0 Å². The largest absolute Gasteiger partial charge is 0.506 e. The van der Waals surface area contributed by atoms with Gasteiger partial charge in [0.25, 0.3) is 5.91 Å². The molecular weight excluding hydrogens is 610 g/mol. The second kappa shape index (κ2) is 18.5. The third kappa shape index (κ3) is 12.1. The quantitative estimate of drug-likeness (QED) is 0.0512. The minimum absolute atomic E-state index is 0. The molecule has 0 radical (unpaired) electrons. The molecule has 2 atom stereocenters. The molecule has 0 aliphatic carbocycles. The number of hydrogen-bond donors (Lipinski definition) is 8. The molecule has 0 spiro atoms. The van der Waals surface area contributed by atoms with Crippen LogP contribution in [0.1, 0.15) is 80.2 Å². The summed E-state index contributed by atoms with van der Waals surface area (Å²) >= 11 is 5.81. The van der Waals surface area contributed by atoms with Gasteiger partial charge in [-0.2, -0.15) is 0 Å². The van der Waals surface area contributed by atoms with E-state index in [9.17, 15) is 19.8 Å². The van der Waals surface area contributed by atoms with E-state index in [1.807, 2.05) is 0 Å². The number of hydrogen-bond acceptors (Lipinski definition) is 10. The number of nitrogens with zero attached hydrogens (tertiary/aromatic N) is 3. The topological polar surface area (TPSA) is 227 Å². The van der Waals surface area contributed by atoms with Crippen LogP contribution in [0.15, 0.2) is 47.5 Å². The van der Waals surface area contributed by atoms with Gasteiger partial charge in [-0.15, -0.1) is 0 Å². The summed E-state index contributed by atoms with van der Waals surface area (Å²) in [6.45, 7) is 4.25. The zero-order chi connectivity index (χ0) is 32.9. The number of carbonyl (C=O) groups excluding carboxylic acids is 2. The highest BCUT2D eigenvalue weighted by molar-refractivity contribution is 6.31. The van der Waals surface area contributed by atoms with Crippen molar-refractivity contribution in [3.8, 4) is 5.75 Å². The first-order valence-electron chi connectivity index (χ1n) is 14.7. The zero-order valence-electron chi connectivity index (χ0n) is 25.5. The van der Waals surface area contributed by atoms with Gasteiger partial charge in [-0.25, -0.2) is 9.97 Å². The molecule has 0 saturated carbocycles. The first-order chi connectivity index (χ1) is 21.4. The first kappa shape index (κ1) is 37.7. The second-order valence-corrected chi connectivity index (χ2v) is 11.2. The molecule has 0 saturated heterocycles. The number of amides is 2. The Balaban J connectivity index is 0.00000736. The van der Waals surface area contributed by atoms with E-state index in [0.717, 1.165) is 38.5 Å². The van der Waals surface area contributed by atoms with E-state index in [4.69, 9.17) is 28.8 Å². The number of nitrogens with one attached hydrogen (secondary N) is 3. The van der Waals surface area contributed by atoms with Gasteiger partial charge in [-0.1, -0.05) is 49.4 Å². The molecule has 0 fully saturated rings. The summed E-state index contributed by atoms with van der Waals surface area (Å²) in [5.41, 5.74) is 20.2. The number of phenolic OH excluding ortho intramolecular Hbond substituents is 1. The number of nitrogen functional groups attached to an aromatic ring is 2. The summed E-state index contributed by atoms with van der Waals surface area (Å²) in [6, 6.07) is 13.5. The van der Waals surface area contributed by atoms with Crippen molar-refractivity contribution < 1.29 is 19.8 Å². The number of aromatic hydroxyl groups is 1. The Labute approximate surface area is 275 Å². The van der Waals surface area contributed by atoms with Crippen molar-refractivity contribution >= 4 is 46.7 Å². The fourth-order valence-corrected chi connectivity index (χ4v) is 4.66. The van der Waals surface area contributed by atoms with Gasteiger partial charge in [-0.05, 0) is 74.3 Å². The second-order valence-electron chi connectivity index (χ2n) is 10.8. The fourth-order valence-electron chi connectivity index (χ4n) is 4.53. The lowest BCUT2D eigenvalue weighted by Crippen LogP contribution is -2.38. The fraction of sp³-hybridized carbons (Fsp3) is 0.406. The predicted molar refractivity (Wildman–Crippen MR) is 184 cm³/mol. The molecule has 0 aliphatic rings. The lowest BCUT2D eigenvalue weighted by Gasteiger charge is -2.18. The number of aliphatic hydroxyl groups excluding tert-OH is 1. The standard InChI is InChI=1S/C31H42ClN9O4.CH4/c1-18(37-17-25(44)22-13-14-24(43)23(16-22)38-19(2)42)6-5-8-21-11-9-20(10-12-21)7-3-4-15-36-31(35)41-30(45)26-28(33)40-29(34)27(32)39-26;/h9-14,16,18,25,37,43-44H,3-8,15,17H2,1-2H3,(H,38,42)(H4,33,34,40)(H3,35,36,41,45);1H4/t18-,25-;/m0./s1. The number of aromatic nitrogens is 2. The van der Waals surface area contributed by atoms with Crippen LogP contribution in [0.5, 0.6) is 5.75 Å². The molecule has 2 aromatic carbocycles. The van der Waals surface area contributed by atoms with Crippen molar-refractivity contribution in [1.29, 1.82) is 0 Å². The van der Waals surface area contributed by atoms with Crippen LogP contribution in [-0.2, 0) is 17.6 Å². The van der Waals surface area contributed by atoms with Gasteiger partial charge in [0.2, 0.25) is 5.91 Å². The summed E-state index contributed by atoms with van der Waals surface area (Å²) < 4.78 is 0. The van der Waals surface area contributed by atoms with Gasteiger partial charge in [0, 0.05) is 26.1 Å². The summed E-state index contributed by atoms with van der Waals surface area (Å²) in [4.78, 5) is 35.4. The molecule has 0 bridgehead atoms. The monoisotopic (exact) mass is 655 g/mol. The maximum atomic E-state index is 12.3. The maximum Gasteiger partial charge on any atom is 0.280 e. The van der Waals surface area contributed by atoms with Crippen LogP contribution < -0.4 is 33.2 Å². The molecule has 0 aliphatic heterocycles. The molecular formula is C32H46ClN9O4. The molecule has 3 aromatic rings. The summed E-state index contributed by atoms with van der Waals surface area (Å²) in [5, 5.41) is 28.7. The normalized spacial score (nSPS) is 12.6. The minimum Gasteiger partial charge on any atom is -0.506 e. The summed E-state index contributed by atoms with van der Waals surface area (Å²) in [5.74, 6) is -1.27. The molecule has 14 heteroatoms. The lowest BCUT2D eigenvalue weighted by atomic mass is 10.0. The Morgan fingerprint density at radius 2 is 1.65 bits per heavy atom. The van der Waals surface area contributed by atoms with E-state index in [-0.39, 0.29) is 59.3 Å². The number of aryl methyl sites for hydroxylation is 2. The van der Waals surface area contributed by atoms with Crippen molar-refractivity contribution in [2.75, 3.05) is 29.9 Å². The minimum atomic E-state index is -0.770. The van der Waals surface area contributed by atoms with Crippen LogP contribution in [0.3, 0.4) is 0 Å². The highest BCUT2D eigenvalue weighted by Gasteiger charge is 2.17. The maximum absolute atomic E-state index is 12.3. The van der Waals surface area contributed by atoms with E-state index in [0.29, 0.717) is 18.7 Å². The third-order valence-corrected chi connectivity index (χ3v) is 7.30. The number of aliphatic hydroxyl groups is 1. The van der Waals surface area contributed by atoms with Crippen molar-refractivity contribution in [2.24, 2.45) is 10.7 Å². The molecule has 1 heterocycles. The van der Waals surface area contributed by atoms with E-state index in [1.54, 1.807) is 12.1 Å². The van der Waals surface area contributed by atoms with Crippen LogP contribution in [-0.4, -0.2) is 57.1 Å². The van der Waals surface area contributed by atoms with Gasteiger partial charge in [-0.3, -0.25) is 19.9 Å². The average molecular weight is 656 g/mol. The van der Waals surface area contributed by atoms with Crippen molar-refractivity contribution in [3.63, 3.8) is 0 Å². The Morgan fingerprint density at radius 3 is 2.30 bits per heavy atom. The van der Waals surface area contributed by atoms with Crippen LogP contribution in [0.2, 0.25) is 5.15 Å². The van der Waals surface area contributed by atoms with Crippen molar-refractivity contribution in [1.82, 2.24) is 20.6 Å². The van der Waals surface area contributed by atoms with E-state index < -0.39 is 12.0 Å². The molecule has 3 rings (SSSR count). The number of carbonyl (C=O) groups is 2. The zero-order valence-corrected chi connectivity index (χ0v) is 26.3. The number of guanidine groups is 1. The summed E-state index contributed by atoms with van der Waals surface area (Å²) in [7, 11) is 0. The number of unbranched alkanes of at least 4 members (excludes halogenated alkanes) is 1. The Bertz CT molecular complexity index is 1490. The summed E-state index contributed by atoms with van der Waals surface area (Å²) in [6.07, 6.45) is 4.71. The number of nitrogens with two attached hydrogens (primary N) is 3. The van der Waals surface area contributed by atoms with Gasteiger partial charge in [0.1, 0.15) is 5.75 Å². The SMILES string of the molecule is C.CC(=O)Nc1cc([C@@H](O)CN[C@@H](C)CCCc2ccc(CCCCN=C(N)NC(=O)c3nc(Cl)c(N)nc3N)cc2)ccc1O. The number of halogens is 1. The highest BCUT2D eigenvalue weighted by Crippen LogP contribution is 2.27. The lowest BCUT2D eigenvalue weighted by molar-refractivity contribution is -0.114. The Kier molecular flexibility index (Phi) is 15.2. The van der Waals surface area contributed by atoms with Gasteiger partial charge >= 0.3 is 0 Å². The van der Waals surface area contributed by atoms with Crippen molar-refractivity contribution in [3.05, 3.63) is 70.0 Å². The number of rotatable bonds is 15. The number of anilines is 3. The Morgan fingerprint density at radius 1 is 1.00 bits per heavy atom. The third-order valence-electron chi connectivity index (χ3n) is 7.02. The van der Waals surface area contributed by atoms with E-state index in [1.165, 1.54) is 24.1 Å². The predicted octanol–water partition coefficient (Wildman–Crippen LogP) is 3.70. The highest BCUT2D eigenvalue weighted by atomic mass is 35.5. The van der Waals surface area contributed by atoms with E-state index >= 15 is 0 Å². The van der Waals surface area contributed by atoms with Gasteiger partial charge in [0.05, 0.1) is 11.8 Å². The van der Waals surface area contributed by atoms with Gasteiger partial charge in [0.15, 0.2) is 28.4 Å². The van der Waals surface area contributed by atoms with Gasteiger partial charge < -0.3 is 38.0 Å². The first-order valence-corrected chi connectivity index (χ1v) is 15.1. The number of benzene rings is 2. The smallest absolute Gasteiger partial charge is 0.280 e. The molecule has 2 amide bonds. The number of phenols is 1. The number of aliphatic imine (C=N–C) groups is 1. The average Bonchev–Trinajstić information content (AvgIpc) is 2.99. The Hall–Kier alpha value is -4.46. The molecule has 46 heavy (non-hydrogen) atoms. The molecule has 250 valence electrons. The molecule has 13 nitrogen and oxygen atoms in total. The van der Waals surface area contributed by atoms with Crippen LogP contribution in [0.25, 0.3) is 0 Å². The van der Waals surface area contributed by atoms with E-state index in [2.05, 4.69) is 62.1 Å². The van der Waals surface area contributed by atoms with Crippen LogP contribution in [0.4, 0.5) is 17.3 Å². The van der Waals surface area contributed by atoms with Crippen molar-refractivity contribution in [2.45, 2.75) is 71.9 Å². The molecule has 0 unspecified atom stereocenters. The molecule has 11 N–H and O–H groups in total.